The van der Waals surface area contributed by atoms with E-state index in [2.05, 4.69) is 120 Å². The maximum absolute atomic E-state index is 5.78. The molecule has 0 amide bonds. The zero-order chi connectivity index (χ0) is 24.0. The van der Waals surface area contributed by atoms with Crippen LogP contribution in [-0.4, -0.2) is 15.6 Å². The van der Waals surface area contributed by atoms with E-state index in [0.29, 0.717) is 0 Å². The highest BCUT2D eigenvalue weighted by atomic mass is 127. The number of ether oxygens (including phenoxy) is 2. The summed E-state index contributed by atoms with van der Waals surface area (Å²) in [7, 11) is 0. The minimum Gasteiger partial charge on any atom is -0.488 e. The van der Waals surface area contributed by atoms with Crippen molar-refractivity contribution >= 4 is 22.6 Å². The van der Waals surface area contributed by atoms with Crippen molar-refractivity contribution in [3.8, 4) is 11.5 Å². The molecule has 0 unspecified atom stereocenters. The smallest absolute Gasteiger partial charge is 0.120 e. The lowest BCUT2D eigenvalue weighted by atomic mass is 10.1. The van der Waals surface area contributed by atoms with Gasteiger partial charge in [-0.05, 0) is 113 Å². The quantitative estimate of drug-likeness (QED) is 0.166. The van der Waals surface area contributed by atoms with Crippen molar-refractivity contribution in [2.24, 2.45) is 0 Å². The van der Waals surface area contributed by atoms with Crippen LogP contribution in [0.2, 0.25) is 0 Å². The van der Waals surface area contributed by atoms with Crippen LogP contribution >= 0.6 is 22.6 Å². The molecule has 0 fully saturated rings. The normalized spacial score (nSPS) is 11.5. The standard InChI is InChI=1S/C15H24O.C14H21IO/c1-5-6-7-8-13-9-11-14(12-10-13)16-15(2,3)4;1-14(2,3)16-13-9-7-12(8-10-13)6-4-5-11-15/h9-12H,5-8H2,1-4H3;7-10H,4-6,11H2,1-3H3. The van der Waals surface area contributed by atoms with E-state index in [1.165, 1.54) is 60.5 Å². The summed E-state index contributed by atoms with van der Waals surface area (Å²) < 4.78 is 12.8. The first-order valence-corrected chi connectivity index (χ1v) is 13.7. The summed E-state index contributed by atoms with van der Waals surface area (Å²) >= 11 is 2.43. The molecule has 0 saturated carbocycles. The van der Waals surface area contributed by atoms with Crippen LogP contribution in [0.5, 0.6) is 11.5 Å². The van der Waals surface area contributed by atoms with E-state index in [1.54, 1.807) is 0 Å². The fourth-order valence-electron chi connectivity index (χ4n) is 3.16. The molecule has 0 spiro atoms. The Bertz CT molecular complexity index is 656. The van der Waals surface area contributed by atoms with Crippen LogP contribution in [0.25, 0.3) is 0 Å². The van der Waals surface area contributed by atoms with Gasteiger partial charge in [0.05, 0.1) is 0 Å². The Labute approximate surface area is 211 Å². The molecule has 0 N–H and O–H groups in total. The molecule has 2 nitrogen and oxygen atoms in total. The van der Waals surface area contributed by atoms with Crippen molar-refractivity contribution < 1.29 is 9.47 Å². The topological polar surface area (TPSA) is 18.5 Å². The van der Waals surface area contributed by atoms with E-state index >= 15 is 0 Å². The number of aryl methyl sites for hydroxylation is 2. The van der Waals surface area contributed by atoms with Crippen molar-refractivity contribution in [1.82, 2.24) is 0 Å². The van der Waals surface area contributed by atoms with Crippen LogP contribution < -0.4 is 9.47 Å². The lowest BCUT2D eigenvalue weighted by Gasteiger charge is -2.21. The lowest BCUT2D eigenvalue weighted by Crippen LogP contribution is -2.22. The molecule has 3 heteroatoms. The van der Waals surface area contributed by atoms with Crippen LogP contribution in [-0.2, 0) is 12.8 Å². The minimum absolute atomic E-state index is 0.107. The second-order valence-corrected chi connectivity index (χ2v) is 11.4. The molecule has 0 aromatic heterocycles. The van der Waals surface area contributed by atoms with Gasteiger partial charge in [0.2, 0.25) is 0 Å². The Morgan fingerprint density at radius 2 is 0.969 bits per heavy atom. The fourth-order valence-corrected chi connectivity index (χ4v) is 3.70. The van der Waals surface area contributed by atoms with E-state index in [0.717, 1.165) is 11.5 Å². The highest BCUT2D eigenvalue weighted by Crippen LogP contribution is 2.20. The van der Waals surface area contributed by atoms with Crippen LogP contribution in [0.4, 0.5) is 0 Å². The molecular formula is C29H45IO2. The second-order valence-electron chi connectivity index (χ2n) is 10.3. The summed E-state index contributed by atoms with van der Waals surface area (Å²) in [6, 6.07) is 17.0. The first-order valence-electron chi connectivity index (χ1n) is 12.1. The van der Waals surface area contributed by atoms with Gasteiger partial charge in [-0.3, -0.25) is 0 Å². The highest BCUT2D eigenvalue weighted by Gasteiger charge is 2.12. The Morgan fingerprint density at radius 3 is 1.28 bits per heavy atom. The molecule has 0 aliphatic carbocycles. The van der Waals surface area contributed by atoms with Crippen molar-refractivity contribution in [2.45, 2.75) is 105 Å². The molecule has 0 aliphatic heterocycles. The van der Waals surface area contributed by atoms with Crippen molar-refractivity contribution in [2.75, 3.05) is 4.43 Å². The van der Waals surface area contributed by atoms with E-state index in [9.17, 15) is 0 Å². The summed E-state index contributed by atoms with van der Waals surface area (Å²) in [5.74, 6) is 1.93. The van der Waals surface area contributed by atoms with Gasteiger partial charge in [-0.2, -0.15) is 0 Å². The monoisotopic (exact) mass is 552 g/mol. The Kier molecular flexibility index (Phi) is 13.3. The fraction of sp³-hybridized carbons (Fsp3) is 0.586. The number of hydrogen-bond donors (Lipinski definition) is 0. The third-order valence-electron chi connectivity index (χ3n) is 4.61. The molecule has 0 aliphatic rings. The zero-order valence-corrected chi connectivity index (χ0v) is 23.6. The molecule has 0 atom stereocenters. The van der Waals surface area contributed by atoms with Gasteiger partial charge in [0.1, 0.15) is 22.7 Å². The maximum atomic E-state index is 5.78. The number of hydrogen-bond acceptors (Lipinski definition) is 2. The van der Waals surface area contributed by atoms with Gasteiger partial charge in [-0.15, -0.1) is 0 Å². The number of alkyl halides is 1. The van der Waals surface area contributed by atoms with Gasteiger partial charge in [0.25, 0.3) is 0 Å². The molecule has 0 saturated heterocycles. The molecule has 2 rings (SSSR count). The molecule has 2 aromatic rings. The van der Waals surface area contributed by atoms with Gasteiger partial charge in [-0.25, -0.2) is 0 Å². The van der Waals surface area contributed by atoms with Gasteiger partial charge in [-0.1, -0.05) is 66.6 Å². The molecule has 0 bridgehead atoms. The van der Waals surface area contributed by atoms with E-state index in [-0.39, 0.29) is 11.2 Å². The molecule has 0 heterocycles. The van der Waals surface area contributed by atoms with Crippen molar-refractivity contribution in [1.29, 1.82) is 0 Å². The van der Waals surface area contributed by atoms with Crippen molar-refractivity contribution in [3.05, 3.63) is 59.7 Å². The molecule has 180 valence electrons. The van der Waals surface area contributed by atoms with Gasteiger partial charge < -0.3 is 9.47 Å². The summed E-state index contributed by atoms with van der Waals surface area (Å²) in [5, 5.41) is 0. The molecule has 32 heavy (non-hydrogen) atoms. The van der Waals surface area contributed by atoms with E-state index in [4.69, 9.17) is 9.47 Å². The van der Waals surface area contributed by atoms with Crippen LogP contribution in [0.3, 0.4) is 0 Å². The van der Waals surface area contributed by atoms with Gasteiger partial charge >= 0.3 is 0 Å². The SMILES string of the molecule is CC(C)(C)Oc1ccc(CCCCI)cc1.CCCCCc1ccc(OC(C)(C)C)cc1. The predicted molar refractivity (Wildman–Crippen MR) is 149 cm³/mol. The maximum Gasteiger partial charge on any atom is 0.120 e. The molecule has 2 aromatic carbocycles. The Morgan fingerprint density at radius 1 is 0.594 bits per heavy atom. The summed E-state index contributed by atoms with van der Waals surface area (Å²) in [5.41, 5.74) is 2.60. The average Bonchev–Trinajstić information content (AvgIpc) is 2.69. The average molecular weight is 553 g/mol. The van der Waals surface area contributed by atoms with Gasteiger partial charge in [0.15, 0.2) is 0 Å². The van der Waals surface area contributed by atoms with E-state index in [1.807, 2.05) is 0 Å². The summed E-state index contributed by atoms with van der Waals surface area (Å²) in [6.07, 6.45) is 8.84. The highest BCUT2D eigenvalue weighted by molar-refractivity contribution is 14.1. The second kappa shape index (κ2) is 14.8. The summed E-state index contributed by atoms with van der Waals surface area (Å²) in [6.45, 7) is 14.7. The molecular weight excluding hydrogens is 507 g/mol. The third-order valence-corrected chi connectivity index (χ3v) is 5.38. The zero-order valence-electron chi connectivity index (χ0n) is 21.5. The van der Waals surface area contributed by atoms with Crippen molar-refractivity contribution in [3.63, 3.8) is 0 Å². The van der Waals surface area contributed by atoms with Crippen LogP contribution in [0.1, 0.15) is 91.7 Å². The Balaban J connectivity index is 0.000000320. The number of unbranched alkanes of at least 4 members (excludes halogenated alkanes) is 3. The Hall–Kier alpha value is -1.23. The lowest BCUT2D eigenvalue weighted by molar-refractivity contribution is 0.130. The van der Waals surface area contributed by atoms with Crippen LogP contribution in [0.15, 0.2) is 48.5 Å². The number of halogens is 1. The predicted octanol–water partition coefficient (Wildman–Crippen LogP) is 9.22. The number of rotatable bonds is 10. The summed E-state index contributed by atoms with van der Waals surface area (Å²) in [4.78, 5) is 0. The molecule has 0 radical (unpaired) electrons. The first kappa shape index (κ1) is 28.8. The first-order chi connectivity index (χ1) is 15.0. The van der Waals surface area contributed by atoms with Gasteiger partial charge in [0, 0.05) is 0 Å². The van der Waals surface area contributed by atoms with Crippen LogP contribution in [0, 0.1) is 0 Å². The number of benzene rings is 2. The minimum atomic E-state index is -0.108. The largest absolute Gasteiger partial charge is 0.488 e. The van der Waals surface area contributed by atoms with E-state index < -0.39 is 0 Å². The third kappa shape index (κ3) is 14.8.